The van der Waals surface area contributed by atoms with Crippen LogP contribution in [0.25, 0.3) is 0 Å². The number of rotatable bonds is 2. The lowest BCUT2D eigenvalue weighted by Gasteiger charge is -2.31. The summed E-state index contributed by atoms with van der Waals surface area (Å²) < 4.78 is 10.2. The summed E-state index contributed by atoms with van der Waals surface area (Å²) >= 11 is 0. The fraction of sp³-hybridized carbons (Fsp3) is 0.750. The van der Waals surface area contributed by atoms with Crippen LogP contribution >= 0.6 is 8.03 Å². The second-order valence-electron chi connectivity index (χ2n) is 2.16. The largest absolute Gasteiger partial charge is 0.527 e. The summed E-state index contributed by atoms with van der Waals surface area (Å²) in [4.78, 5) is 20.3. The molecule has 1 saturated heterocycles. The average Bonchev–Trinajstić information content (AvgIpc) is 1.86. The molecular formula is C4H8N2O3P+. The molecule has 0 aliphatic carbocycles. The van der Waals surface area contributed by atoms with Gasteiger partial charge in [0, 0.05) is 6.54 Å². The van der Waals surface area contributed by atoms with Gasteiger partial charge in [-0.15, -0.1) is 0 Å². The Hall–Kier alpha value is -0.510. The van der Waals surface area contributed by atoms with Gasteiger partial charge < -0.3 is 5.73 Å². The van der Waals surface area contributed by atoms with Crippen LogP contribution in [0, 0.1) is 0 Å². The molecule has 1 unspecified atom stereocenters. The summed E-state index contributed by atoms with van der Waals surface area (Å²) in [5, 5.41) is 0. The van der Waals surface area contributed by atoms with Gasteiger partial charge in [0.05, 0.1) is 0 Å². The van der Waals surface area contributed by atoms with E-state index in [2.05, 4.69) is 0 Å². The summed E-state index contributed by atoms with van der Waals surface area (Å²) in [6, 6.07) is -0.449. The molecule has 1 aliphatic rings. The van der Waals surface area contributed by atoms with Crippen LogP contribution in [0.4, 0.5) is 0 Å². The molecule has 1 rings (SSSR count). The molecule has 3 N–H and O–H groups in total. The number of hydrogen-bond acceptors (Lipinski definition) is 3. The standard InChI is InChI=1S/C4H7N2O3P/c5-3-1-6(4(3)7)2-10(8)9/h3H,1-2,5H2/p+1/t3-/m0/s1. The van der Waals surface area contributed by atoms with Crippen molar-refractivity contribution in [2.24, 2.45) is 5.73 Å². The van der Waals surface area contributed by atoms with Gasteiger partial charge in [0.1, 0.15) is 6.04 Å². The van der Waals surface area contributed by atoms with E-state index in [1.54, 1.807) is 0 Å². The monoisotopic (exact) mass is 163 g/mol. The van der Waals surface area contributed by atoms with Gasteiger partial charge in [-0.2, -0.15) is 4.89 Å². The Morgan fingerprint density at radius 3 is 2.80 bits per heavy atom. The summed E-state index contributed by atoms with van der Waals surface area (Å²) in [7, 11) is -2.24. The van der Waals surface area contributed by atoms with E-state index < -0.39 is 14.1 Å². The Morgan fingerprint density at radius 2 is 2.50 bits per heavy atom. The van der Waals surface area contributed by atoms with Crippen molar-refractivity contribution in [3.05, 3.63) is 0 Å². The average molecular weight is 163 g/mol. The summed E-state index contributed by atoms with van der Waals surface area (Å²) in [6.45, 7) is 0.403. The lowest BCUT2D eigenvalue weighted by molar-refractivity contribution is -0.140. The number of likely N-dealkylation sites (tertiary alicyclic amines) is 1. The molecule has 0 spiro atoms. The minimum atomic E-state index is -2.24. The van der Waals surface area contributed by atoms with Gasteiger partial charge in [-0.1, -0.05) is 0 Å². The van der Waals surface area contributed by atoms with Crippen LogP contribution < -0.4 is 5.73 Å². The molecule has 0 saturated carbocycles. The molecule has 1 fully saturated rings. The molecule has 1 heterocycles. The quantitative estimate of drug-likeness (QED) is 0.397. The SMILES string of the molecule is N[C@H]1CN(C[P+](=O)O)C1=O. The summed E-state index contributed by atoms with van der Waals surface area (Å²) in [5.41, 5.74) is 5.22. The Bertz CT molecular complexity index is 183. The van der Waals surface area contributed by atoms with E-state index in [0.29, 0.717) is 6.54 Å². The first-order chi connectivity index (χ1) is 4.61. The van der Waals surface area contributed by atoms with E-state index in [1.807, 2.05) is 0 Å². The second-order valence-corrected chi connectivity index (χ2v) is 3.15. The molecule has 0 aromatic heterocycles. The van der Waals surface area contributed by atoms with Crippen LogP contribution in [-0.4, -0.2) is 34.6 Å². The van der Waals surface area contributed by atoms with E-state index in [1.165, 1.54) is 4.90 Å². The minimum Gasteiger partial charge on any atom is -0.318 e. The maximum Gasteiger partial charge on any atom is 0.527 e. The third-order valence-electron chi connectivity index (χ3n) is 1.34. The van der Waals surface area contributed by atoms with Crippen LogP contribution in [0.5, 0.6) is 0 Å². The van der Waals surface area contributed by atoms with Crippen molar-refractivity contribution in [1.29, 1.82) is 0 Å². The van der Waals surface area contributed by atoms with Crippen molar-refractivity contribution in [2.75, 3.05) is 12.8 Å². The van der Waals surface area contributed by atoms with Crippen molar-refractivity contribution in [3.8, 4) is 0 Å². The second kappa shape index (κ2) is 2.62. The Balaban J connectivity index is 2.34. The molecule has 0 aromatic rings. The topological polar surface area (TPSA) is 83.6 Å². The number of carbonyl (C=O) groups is 1. The van der Waals surface area contributed by atoms with Crippen molar-refractivity contribution in [1.82, 2.24) is 4.90 Å². The Morgan fingerprint density at radius 1 is 1.90 bits per heavy atom. The highest BCUT2D eigenvalue weighted by Crippen LogP contribution is 2.19. The number of β-lactam (4-membered cyclic amide) rings is 1. The number of hydrogen-bond donors (Lipinski definition) is 2. The predicted octanol–water partition coefficient (Wildman–Crippen LogP) is -1.15. The normalized spacial score (nSPS) is 26.2. The van der Waals surface area contributed by atoms with E-state index in [-0.39, 0.29) is 12.2 Å². The van der Waals surface area contributed by atoms with E-state index >= 15 is 0 Å². The van der Waals surface area contributed by atoms with E-state index in [4.69, 9.17) is 10.6 Å². The zero-order valence-electron chi connectivity index (χ0n) is 5.23. The first kappa shape index (κ1) is 7.60. The van der Waals surface area contributed by atoms with Crippen molar-refractivity contribution in [3.63, 3.8) is 0 Å². The maximum atomic E-state index is 10.7. The first-order valence-corrected chi connectivity index (χ1v) is 4.19. The van der Waals surface area contributed by atoms with Gasteiger partial charge in [0.2, 0.25) is 5.91 Å². The van der Waals surface area contributed by atoms with Crippen LogP contribution in [0.15, 0.2) is 0 Å². The van der Waals surface area contributed by atoms with E-state index in [0.717, 1.165) is 0 Å². The predicted molar refractivity (Wildman–Crippen MR) is 34.4 cm³/mol. The molecule has 0 aromatic carbocycles. The Labute approximate surface area is 58.7 Å². The zero-order chi connectivity index (χ0) is 7.72. The van der Waals surface area contributed by atoms with E-state index in [9.17, 15) is 9.36 Å². The smallest absolute Gasteiger partial charge is 0.318 e. The highest BCUT2D eigenvalue weighted by molar-refractivity contribution is 7.37. The molecule has 10 heavy (non-hydrogen) atoms. The van der Waals surface area contributed by atoms with Crippen LogP contribution in [-0.2, 0) is 9.36 Å². The molecule has 56 valence electrons. The summed E-state index contributed by atoms with van der Waals surface area (Å²) in [5.74, 6) is -0.239. The highest BCUT2D eigenvalue weighted by Gasteiger charge is 2.37. The van der Waals surface area contributed by atoms with Crippen LogP contribution in [0.1, 0.15) is 0 Å². The van der Waals surface area contributed by atoms with Gasteiger partial charge in [-0.25, -0.2) is 0 Å². The third kappa shape index (κ3) is 1.31. The number of nitrogens with two attached hydrogens (primary N) is 1. The Kier molecular flexibility index (Phi) is 1.99. The minimum absolute atomic E-state index is 0.0815. The van der Waals surface area contributed by atoms with Crippen LogP contribution in [0.3, 0.4) is 0 Å². The van der Waals surface area contributed by atoms with Gasteiger partial charge >= 0.3 is 8.03 Å². The third-order valence-corrected chi connectivity index (χ3v) is 1.92. The van der Waals surface area contributed by atoms with Gasteiger partial charge in [-0.3, -0.25) is 9.69 Å². The number of nitrogens with zero attached hydrogens (tertiary/aromatic N) is 1. The lowest BCUT2D eigenvalue weighted by atomic mass is 10.1. The van der Waals surface area contributed by atoms with Crippen molar-refractivity contribution in [2.45, 2.75) is 6.04 Å². The van der Waals surface area contributed by atoms with Crippen molar-refractivity contribution >= 4 is 13.9 Å². The number of amides is 1. The molecule has 6 heteroatoms. The fourth-order valence-corrected chi connectivity index (χ4v) is 1.35. The molecular weight excluding hydrogens is 155 g/mol. The zero-order valence-corrected chi connectivity index (χ0v) is 6.12. The van der Waals surface area contributed by atoms with Gasteiger partial charge in [-0.05, 0) is 4.57 Å². The molecule has 1 amide bonds. The maximum absolute atomic E-state index is 10.7. The first-order valence-electron chi connectivity index (χ1n) is 2.79. The summed E-state index contributed by atoms with van der Waals surface area (Å²) in [6.07, 6.45) is -0.0815. The highest BCUT2D eigenvalue weighted by atomic mass is 31.1. The lowest BCUT2D eigenvalue weighted by Crippen LogP contribution is -2.60. The molecule has 5 nitrogen and oxygen atoms in total. The van der Waals surface area contributed by atoms with Gasteiger partial charge in [0.15, 0.2) is 0 Å². The number of carbonyl (C=O) groups excluding carboxylic acids is 1. The van der Waals surface area contributed by atoms with Gasteiger partial charge in [0.25, 0.3) is 6.29 Å². The van der Waals surface area contributed by atoms with Crippen molar-refractivity contribution < 1.29 is 14.3 Å². The molecule has 1 aliphatic heterocycles. The molecule has 2 atom stereocenters. The van der Waals surface area contributed by atoms with Crippen LogP contribution in [0.2, 0.25) is 0 Å². The fourth-order valence-electron chi connectivity index (χ4n) is 0.801. The molecule has 0 bridgehead atoms. The molecule has 0 radical (unpaired) electrons.